The standard InChI is InChI=1S/C27H26N2O3/c1-18-16-29(11-12-32-18)17-20-6-4-5-19(13-20)15-28-27(31)21-9-10-23-22-7-2-3-8-24(22)26(30)25(23)14-21/h2-10,13-14,18H,11-12,15-17H2,1H3,(H,28,31). The fraction of sp³-hybridized carbons (Fsp3) is 0.259. The van der Waals surface area contributed by atoms with E-state index in [1.165, 1.54) is 5.56 Å². The molecule has 1 amide bonds. The van der Waals surface area contributed by atoms with Gasteiger partial charge in [-0.3, -0.25) is 14.5 Å². The summed E-state index contributed by atoms with van der Waals surface area (Å²) < 4.78 is 5.62. The van der Waals surface area contributed by atoms with Crippen LogP contribution in [0.15, 0.2) is 66.7 Å². The van der Waals surface area contributed by atoms with Crippen molar-refractivity contribution in [2.45, 2.75) is 26.1 Å². The minimum absolute atomic E-state index is 0.0182. The second-order valence-electron chi connectivity index (χ2n) is 8.55. The van der Waals surface area contributed by atoms with E-state index in [0.29, 0.717) is 23.2 Å². The van der Waals surface area contributed by atoms with Gasteiger partial charge in [-0.2, -0.15) is 0 Å². The van der Waals surface area contributed by atoms with Gasteiger partial charge < -0.3 is 10.1 Å². The van der Waals surface area contributed by atoms with Gasteiger partial charge >= 0.3 is 0 Å². The number of carbonyl (C=O) groups excluding carboxylic acids is 2. The van der Waals surface area contributed by atoms with Crippen LogP contribution in [0.1, 0.15) is 44.3 Å². The van der Waals surface area contributed by atoms with Crippen LogP contribution in [-0.2, 0) is 17.8 Å². The second kappa shape index (κ2) is 8.69. The predicted octanol–water partition coefficient (Wildman–Crippen LogP) is 4.05. The van der Waals surface area contributed by atoms with E-state index in [1.54, 1.807) is 12.1 Å². The Balaban J connectivity index is 1.24. The number of fused-ring (bicyclic) bond motifs is 3. The Labute approximate surface area is 188 Å². The lowest BCUT2D eigenvalue weighted by atomic mass is 10.0. The smallest absolute Gasteiger partial charge is 0.251 e. The third-order valence-electron chi connectivity index (χ3n) is 6.16. The van der Waals surface area contributed by atoms with Crippen molar-refractivity contribution in [2.75, 3.05) is 19.7 Å². The first-order valence-corrected chi connectivity index (χ1v) is 11.1. The van der Waals surface area contributed by atoms with E-state index in [4.69, 9.17) is 4.74 Å². The molecule has 3 aromatic carbocycles. The fourth-order valence-corrected chi connectivity index (χ4v) is 4.58. The third-order valence-corrected chi connectivity index (χ3v) is 6.16. The summed E-state index contributed by atoms with van der Waals surface area (Å²) in [7, 11) is 0. The van der Waals surface area contributed by atoms with Crippen LogP contribution >= 0.6 is 0 Å². The summed E-state index contributed by atoms with van der Waals surface area (Å²) in [5.74, 6) is -0.195. The van der Waals surface area contributed by atoms with Crippen LogP contribution in [0.25, 0.3) is 11.1 Å². The van der Waals surface area contributed by atoms with E-state index in [2.05, 4.69) is 29.3 Å². The van der Waals surface area contributed by atoms with E-state index in [9.17, 15) is 9.59 Å². The van der Waals surface area contributed by atoms with Gasteiger partial charge in [-0.25, -0.2) is 0 Å². The molecule has 0 bridgehead atoms. The SMILES string of the molecule is CC1CN(Cc2cccc(CNC(=O)c3ccc4c(c3)C(=O)c3ccccc3-4)c2)CCO1. The molecule has 1 aliphatic heterocycles. The highest BCUT2D eigenvalue weighted by Crippen LogP contribution is 2.36. The quantitative estimate of drug-likeness (QED) is 0.523. The number of carbonyl (C=O) groups is 2. The molecule has 1 fully saturated rings. The van der Waals surface area contributed by atoms with Crippen LogP contribution in [0.5, 0.6) is 0 Å². The molecular weight excluding hydrogens is 400 g/mol. The average Bonchev–Trinajstić information content (AvgIpc) is 3.09. The molecule has 1 heterocycles. The van der Waals surface area contributed by atoms with E-state index in [0.717, 1.165) is 42.9 Å². The van der Waals surface area contributed by atoms with Crippen molar-refractivity contribution in [2.24, 2.45) is 0 Å². The van der Waals surface area contributed by atoms with Gasteiger partial charge in [0.25, 0.3) is 5.91 Å². The van der Waals surface area contributed by atoms with Crippen molar-refractivity contribution in [3.05, 3.63) is 94.5 Å². The highest BCUT2D eigenvalue weighted by Gasteiger charge is 2.27. The van der Waals surface area contributed by atoms with Crippen molar-refractivity contribution in [1.29, 1.82) is 0 Å². The fourth-order valence-electron chi connectivity index (χ4n) is 4.58. The molecule has 1 N–H and O–H groups in total. The Morgan fingerprint density at radius 3 is 2.59 bits per heavy atom. The van der Waals surface area contributed by atoms with Gasteiger partial charge in [0, 0.05) is 42.9 Å². The summed E-state index contributed by atoms with van der Waals surface area (Å²) in [6.45, 7) is 6.06. The van der Waals surface area contributed by atoms with Gasteiger partial charge in [0.2, 0.25) is 0 Å². The highest BCUT2D eigenvalue weighted by atomic mass is 16.5. The maximum atomic E-state index is 12.8. The highest BCUT2D eigenvalue weighted by molar-refractivity contribution is 6.22. The molecule has 1 atom stereocenters. The van der Waals surface area contributed by atoms with E-state index in [-0.39, 0.29) is 17.8 Å². The Morgan fingerprint density at radius 2 is 1.75 bits per heavy atom. The number of nitrogens with zero attached hydrogens (tertiary/aromatic N) is 1. The second-order valence-corrected chi connectivity index (χ2v) is 8.55. The van der Waals surface area contributed by atoms with Gasteiger partial charge in [-0.05, 0) is 41.3 Å². The molecular formula is C27H26N2O3. The molecule has 1 aliphatic carbocycles. The lowest BCUT2D eigenvalue weighted by Crippen LogP contribution is -2.40. The molecule has 3 aromatic rings. The molecule has 0 spiro atoms. The number of hydrogen-bond donors (Lipinski definition) is 1. The number of ketones is 1. The van der Waals surface area contributed by atoms with Gasteiger partial charge in [-0.15, -0.1) is 0 Å². The number of morpholine rings is 1. The van der Waals surface area contributed by atoms with Gasteiger partial charge in [0.15, 0.2) is 5.78 Å². The molecule has 1 saturated heterocycles. The zero-order valence-electron chi connectivity index (χ0n) is 18.1. The number of ether oxygens (including phenoxy) is 1. The molecule has 5 heteroatoms. The van der Waals surface area contributed by atoms with Crippen molar-refractivity contribution < 1.29 is 14.3 Å². The maximum Gasteiger partial charge on any atom is 0.251 e. The van der Waals surface area contributed by atoms with Gasteiger partial charge in [0.1, 0.15) is 0 Å². The van der Waals surface area contributed by atoms with Crippen LogP contribution < -0.4 is 5.32 Å². The Bertz CT molecular complexity index is 1190. The molecule has 0 radical (unpaired) electrons. The number of amides is 1. The topological polar surface area (TPSA) is 58.6 Å². The van der Waals surface area contributed by atoms with Gasteiger partial charge in [-0.1, -0.05) is 54.6 Å². The molecule has 162 valence electrons. The van der Waals surface area contributed by atoms with Crippen LogP contribution in [0.4, 0.5) is 0 Å². The van der Waals surface area contributed by atoms with Crippen molar-refractivity contribution in [1.82, 2.24) is 10.2 Å². The number of rotatable bonds is 5. The lowest BCUT2D eigenvalue weighted by Gasteiger charge is -2.31. The first kappa shape index (κ1) is 20.6. The molecule has 0 aromatic heterocycles. The van der Waals surface area contributed by atoms with Crippen molar-refractivity contribution in [3.63, 3.8) is 0 Å². The zero-order chi connectivity index (χ0) is 22.1. The predicted molar refractivity (Wildman–Crippen MR) is 124 cm³/mol. The number of benzene rings is 3. The van der Waals surface area contributed by atoms with E-state index in [1.807, 2.05) is 42.5 Å². The normalized spacial score (nSPS) is 17.7. The Hall–Kier alpha value is -3.28. The summed E-state index contributed by atoms with van der Waals surface area (Å²) >= 11 is 0. The molecule has 32 heavy (non-hydrogen) atoms. The largest absolute Gasteiger partial charge is 0.376 e. The summed E-state index contributed by atoms with van der Waals surface area (Å²) in [6, 6.07) is 21.3. The van der Waals surface area contributed by atoms with Crippen LogP contribution in [-0.4, -0.2) is 42.4 Å². The summed E-state index contributed by atoms with van der Waals surface area (Å²) in [5, 5.41) is 3.00. The first-order valence-electron chi connectivity index (χ1n) is 11.1. The molecule has 5 rings (SSSR count). The maximum absolute atomic E-state index is 12.8. The van der Waals surface area contributed by atoms with E-state index >= 15 is 0 Å². The molecule has 1 unspecified atom stereocenters. The summed E-state index contributed by atoms with van der Waals surface area (Å²) in [4.78, 5) is 27.9. The monoisotopic (exact) mass is 426 g/mol. The molecule has 5 nitrogen and oxygen atoms in total. The lowest BCUT2D eigenvalue weighted by molar-refractivity contribution is -0.0212. The van der Waals surface area contributed by atoms with Crippen LogP contribution in [0.3, 0.4) is 0 Å². The third kappa shape index (κ3) is 4.09. The van der Waals surface area contributed by atoms with E-state index < -0.39 is 0 Å². The Morgan fingerprint density at radius 1 is 0.969 bits per heavy atom. The number of hydrogen-bond acceptors (Lipinski definition) is 4. The van der Waals surface area contributed by atoms with Gasteiger partial charge in [0.05, 0.1) is 12.7 Å². The minimum Gasteiger partial charge on any atom is -0.376 e. The zero-order valence-corrected chi connectivity index (χ0v) is 18.1. The number of nitrogens with one attached hydrogen (secondary N) is 1. The average molecular weight is 427 g/mol. The first-order chi connectivity index (χ1) is 15.6. The van der Waals surface area contributed by atoms with Crippen LogP contribution in [0, 0.1) is 0 Å². The summed E-state index contributed by atoms with van der Waals surface area (Å²) in [6.07, 6.45) is 0.262. The van der Waals surface area contributed by atoms with Crippen molar-refractivity contribution >= 4 is 11.7 Å². The summed E-state index contributed by atoms with van der Waals surface area (Å²) in [5.41, 5.74) is 5.92. The minimum atomic E-state index is -0.177. The molecule has 2 aliphatic rings. The Kier molecular flexibility index (Phi) is 5.60. The molecule has 0 saturated carbocycles. The van der Waals surface area contributed by atoms with Crippen molar-refractivity contribution in [3.8, 4) is 11.1 Å². The van der Waals surface area contributed by atoms with Crippen LogP contribution in [0.2, 0.25) is 0 Å².